The molecule has 0 rings (SSSR count). The van der Waals surface area contributed by atoms with Crippen LogP contribution in [-0.2, 0) is 9.84 Å². The summed E-state index contributed by atoms with van der Waals surface area (Å²) in [6.45, 7) is 2.65. The van der Waals surface area contributed by atoms with Crippen molar-refractivity contribution in [2.24, 2.45) is 0 Å². The Hall–Kier alpha value is 0.260. The molecule has 0 bridgehead atoms. The Kier molecular flexibility index (Phi) is 6.81. The molecule has 0 aliphatic rings. The van der Waals surface area contributed by atoms with Crippen LogP contribution < -0.4 is 5.32 Å². The van der Waals surface area contributed by atoms with E-state index in [1.807, 2.05) is 11.8 Å². The first-order chi connectivity index (χ1) is 5.95. The molecule has 1 unspecified atom stereocenters. The second-order valence-electron chi connectivity index (χ2n) is 3.27. The van der Waals surface area contributed by atoms with Crippen LogP contribution in [0.4, 0.5) is 0 Å². The lowest BCUT2D eigenvalue weighted by Crippen LogP contribution is -2.31. The second-order valence-corrected chi connectivity index (χ2v) is 6.51. The summed E-state index contributed by atoms with van der Waals surface area (Å²) in [5.74, 6) is 1.35. The third kappa shape index (κ3) is 10.2. The maximum absolute atomic E-state index is 10.8. The average molecular weight is 225 g/mol. The third-order valence-electron chi connectivity index (χ3n) is 1.72. The predicted octanol–water partition coefficient (Wildman–Crippen LogP) is 0.762. The molecule has 0 fully saturated rings. The molecule has 0 amide bonds. The Morgan fingerprint density at radius 2 is 2.08 bits per heavy atom. The van der Waals surface area contributed by atoms with Crippen LogP contribution in [0.2, 0.25) is 0 Å². The number of hydrogen-bond donors (Lipinski definition) is 1. The number of hydrogen-bond acceptors (Lipinski definition) is 4. The summed E-state index contributed by atoms with van der Waals surface area (Å²) in [6, 6.07) is 0.411. The zero-order valence-electron chi connectivity index (χ0n) is 8.54. The van der Waals surface area contributed by atoms with Crippen molar-refractivity contribution in [1.29, 1.82) is 0 Å². The molecule has 0 saturated carbocycles. The van der Waals surface area contributed by atoms with Crippen molar-refractivity contribution in [3.63, 3.8) is 0 Å². The summed E-state index contributed by atoms with van der Waals surface area (Å²) in [6.07, 6.45) is 4.43. The topological polar surface area (TPSA) is 46.2 Å². The van der Waals surface area contributed by atoms with E-state index in [0.29, 0.717) is 12.6 Å². The third-order valence-corrected chi connectivity index (χ3v) is 3.31. The first-order valence-corrected chi connectivity index (χ1v) is 7.81. The fraction of sp³-hybridized carbons (Fsp3) is 1.00. The summed E-state index contributed by atoms with van der Waals surface area (Å²) < 4.78 is 21.6. The van der Waals surface area contributed by atoms with Gasteiger partial charge in [-0.1, -0.05) is 0 Å². The second kappa shape index (κ2) is 6.68. The summed E-state index contributed by atoms with van der Waals surface area (Å²) in [4.78, 5) is 0. The average Bonchev–Trinajstić information content (AvgIpc) is 1.98. The molecule has 0 aromatic heterocycles. The van der Waals surface area contributed by atoms with Gasteiger partial charge in [0.25, 0.3) is 0 Å². The Morgan fingerprint density at radius 3 is 2.54 bits per heavy atom. The normalized spacial score (nSPS) is 14.4. The highest BCUT2D eigenvalue weighted by Crippen LogP contribution is 1.99. The molecular formula is C8H19NO2S2. The minimum atomic E-state index is -2.81. The van der Waals surface area contributed by atoms with Gasteiger partial charge in [0.05, 0.1) is 5.75 Å². The van der Waals surface area contributed by atoms with E-state index in [-0.39, 0.29) is 5.75 Å². The van der Waals surface area contributed by atoms with Gasteiger partial charge in [-0.25, -0.2) is 8.42 Å². The molecule has 0 spiro atoms. The Balaban J connectivity index is 3.42. The highest BCUT2D eigenvalue weighted by atomic mass is 32.2. The van der Waals surface area contributed by atoms with E-state index in [0.717, 1.165) is 12.2 Å². The van der Waals surface area contributed by atoms with Crippen LogP contribution in [0.15, 0.2) is 0 Å². The summed E-state index contributed by atoms with van der Waals surface area (Å²) in [5.41, 5.74) is 0. The minimum absolute atomic E-state index is 0.233. The van der Waals surface area contributed by atoms with Crippen molar-refractivity contribution in [1.82, 2.24) is 5.32 Å². The highest BCUT2D eigenvalue weighted by molar-refractivity contribution is 7.98. The summed E-state index contributed by atoms with van der Waals surface area (Å²) >= 11 is 1.81. The predicted molar refractivity (Wildman–Crippen MR) is 60.2 cm³/mol. The van der Waals surface area contributed by atoms with Crippen LogP contribution in [-0.4, -0.2) is 45.0 Å². The smallest absolute Gasteiger partial charge is 0.148 e. The number of sulfone groups is 1. The van der Waals surface area contributed by atoms with Crippen molar-refractivity contribution in [3.8, 4) is 0 Å². The number of rotatable bonds is 7. The molecular weight excluding hydrogens is 206 g/mol. The first-order valence-electron chi connectivity index (χ1n) is 4.36. The fourth-order valence-electron chi connectivity index (χ4n) is 0.887. The van der Waals surface area contributed by atoms with Gasteiger partial charge in [0.15, 0.2) is 0 Å². The molecule has 0 saturated heterocycles. The number of thioether (sulfide) groups is 1. The van der Waals surface area contributed by atoms with Crippen LogP contribution in [0, 0.1) is 0 Å². The van der Waals surface area contributed by atoms with Crippen molar-refractivity contribution >= 4 is 21.6 Å². The Bertz CT molecular complexity index is 214. The van der Waals surface area contributed by atoms with Crippen LogP contribution in [0.5, 0.6) is 0 Å². The van der Waals surface area contributed by atoms with Crippen LogP contribution in [0.3, 0.4) is 0 Å². The molecule has 0 radical (unpaired) electrons. The standard InChI is InChI=1S/C8H19NO2S2/c1-8(4-6-12-2)9-5-7-13(3,10)11/h8-9H,4-7H2,1-3H3. The molecule has 80 valence electrons. The maximum Gasteiger partial charge on any atom is 0.148 e. The van der Waals surface area contributed by atoms with Gasteiger partial charge in [0.2, 0.25) is 0 Å². The van der Waals surface area contributed by atoms with Crippen LogP contribution in [0.1, 0.15) is 13.3 Å². The molecule has 1 N–H and O–H groups in total. The van der Waals surface area contributed by atoms with Gasteiger partial charge >= 0.3 is 0 Å². The van der Waals surface area contributed by atoms with Crippen LogP contribution in [0.25, 0.3) is 0 Å². The summed E-state index contributed by atoms with van der Waals surface area (Å²) in [5, 5.41) is 3.18. The van der Waals surface area contributed by atoms with E-state index in [2.05, 4.69) is 18.5 Å². The molecule has 5 heteroatoms. The molecule has 0 aliphatic heterocycles. The van der Waals surface area contributed by atoms with Gasteiger partial charge in [-0.15, -0.1) is 0 Å². The van der Waals surface area contributed by atoms with Gasteiger partial charge in [0, 0.05) is 18.8 Å². The zero-order valence-corrected chi connectivity index (χ0v) is 10.2. The van der Waals surface area contributed by atoms with Gasteiger partial charge in [-0.05, 0) is 25.4 Å². The monoisotopic (exact) mass is 225 g/mol. The summed E-state index contributed by atoms with van der Waals surface area (Å²) in [7, 11) is -2.81. The largest absolute Gasteiger partial charge is 0.313 e. The minimum Gasteiger partial charge on any atom is -0.313 e. The van der Waals surface area contributed by atoms with E-state index in [9.17, 15) is 8.42 Å². The quantitative estimate of drug-likeness (QED) is 0.695. The van der Waals surface area contributed by atoms with Crippen molar-refractivity contribution in [2.45, 2.75) is 19.4 Å². The first kappa shape index (κ1) is 13.3. The van der Waals surface area contributed by atoms with Crippen LogP contribution >= 0.6 is 11.8 Å². The van der Waals surface area contributed by atoms with E-state index in [4.69, 9.17) is 0 Å². The molecule has 3 nitrogen and oxygen atoms in total. The lowest BCUT2D eigenvalue weighted by Gasteiger charge is -2.11. The highest BCUT2D eigenvalue weighted by Gasteiger charge is 2.04. The van der Waals surface area contributed by atoms with Gasteiger partial charge in [-0.2, -0.15) is 11.8 Å². The molecule has 0 heterocycles. The molecule has 0 aromatic carbocycles. The number of nitrogens with one attached hydrogen (secondary N) is 1. The van der Waals surface area contributed by atoms with Gasteiger partial charge in [-0.3, -0.25) is 0 Å². The lowest BCUT2D eigenvalue weighted by atomic mass is 10.3. The van der Waals surface area contributed by atoms with E-state index in [1.165, 1.54) is 6.26 Å². The Morgan fingerprint density at radius 1 is 1.46 bits per heavy atom. The van der Waals surface area contributed by atoms with E-state index in [1.54, 1.807) is 0 Å². The maximum atomic E-state index is 10.8. The van der Waals surface area contributed by atoms with Gasteiger partial charge < -0.3 is 5.32 Å². The molecule has 1 atom stereocenters. The molecule has 0 aliphatic carbocycles. The van der Waals surface area contributed by atoms with Crippen molar-refractivity contribution in [2.75, 3.05) is 30.6 Å². The van der Waals surface area contributed by atoms with Gasteiger partial charge in [0.1, 0.15) is 9.84 Å². The van der Waals surface area contributed by atoms with E-state index >= 15 is 0 Å². The van der Waals surface area contributed by atoms with Crippen molar-refractivity contribution in [3.05, 3.63) is 0 Å². The SMILES string of the molecule is CSCCC(C)NCCS(C)(=O)=O. The fourth-order valence-corrected chi connectivity index (χ4v) is 1.97. The molecule has 13 heavy (non-hydrogen) atoms. The lowest BCUT2D eigenvalue weighted by molar-refractivity contribution is 0.549. The molecule has 0 aromatic rings. The van der Waals surface area contributed by atoms with E-state index < -0.39 is 9.84 Å². The Labute approximate surface area is 85.6 Å². The zero-order chi connectivity index (χ0) is 10.3. The van der Waals surface area contributed by atoms with Crippen molar-refractivity contribution < 1.29 is 8.42 Å².